The van der Waals surface area contributed by atoms with Gasteiger partial charge in [0.25, 0.3) is 5.91 Å². The summed E-state index contributed by atoms with van der Waals surface area (Å²) in [5.41, 5.74) is 3.26. The number of aliphatic hydroxyl groups is 1. The third kappa shape index (κ3) is 2.60. The Morgan fingerprint density at radius 2 is 2.15 bits per heavy atom. The smallest absolute Gasteiger partial charge is 0.251 e. The highest BCUT2D eigenvalue weighted by atomic mass is 16.4. The Morgan fingerprint density at radius 1 is 1.30 bits per heavy atom. The molecule has 4 nitrogen and oxygen atoms in total. The van der Waals surface area contributed by atoms with E-state index in [0.29, 0.717) is 11.3 Å². The average Bonchev–Trinajstić information content (AvgIpc) is 3.13. The van der Waals surface area contributed by atoms with E-state index in [4.69, 9.17) is 4.42 Å². The number of aliphatic hydroxyl groups excluding tert-OH is 1. The number of hydrogen-bond acceptors (Lipinski definition) is 3. The number of nitrogens with one attached hydrogen (secondary N) is 1. The van der Waals surface area contributed by atoms with E-state index >= 15 is 0 Å². The lowest BCUT2D eigenvalue weighted by atomic mass is 10.1. The molecule has 0 saturated carbocycles. The summed E-state index contributed by atoms with van der Waals surface area (Å²) < 4.78 is 5.09. The van der Waals surface area contributed by atoms with Gasteiger partial charge in [0.05, 0.1) is 12.8 Å². The number of benzene rings is 1. The van der Waals surface area contributed by atoms with E-state index in [1.165, 1.54) is 17.4 Å². The van der Waals surface area contributed by atoms with Crippen LogP contribution in [0.25, 0.3) is 0 Å². The van der Waals surface area contributed by atoms with Gasteiger partial charge in [0.2, 0.25) is 0 Å². The Morgan fingerprint density at radius 3 is 2.95 bits per heavy atom. The molecule has 1 aliphatic carbocycles. The maximum absolute atomic E-state index is 12.1. The van der Waals surface area contributed by atoms with Crippen molar-refractivity contribution in [2.45, 2.75) is 25.4 Å². The standard InChI is InChI=1S/C16H17NO3/c18-14(15-5-2-8-20-15)10-17-16(19)13-7-6-11-3-1-4-12(11)9-13/h2,5-9,14,18H,1,3-4,10H2,(H,17,19). The quantitative estimate of drug-likeness (QED) is 0.896. The summed E-state index contributed by atoms with van der Waals surface area (Å²) in [5, 5.41) is 12.6. The number of carbonyl (C=O) groups excluding carboxylic acids is 1. The predicted octanol–water partition coefficient (Wildman–Crippen LogP) is 2.23. The van der Waals surface area contributed by atoms with Gasteiger partial charge in [-0.05, 0) is 54.7 Å². The van der Waals surface area contributed by atoms with Crippen molar-refractivity contribution in [3.05, 3.63) is 59.0 Å². The molecule has 2 aromatic rings. The number of aryl methyl sites for hydroxylation is 2. The van der Waals surface area contributed by atoms with E-state index in [1.54, 1.807) is 12.1 Å². The molecule has 1 amide bonds. The molecule has 20 heavy (non-hydrogen) atoms. The van der Waals surface area contributed by atoms with Crippen molar-refractivity contribution in [1.29, 1.82) is 0 Å². The van der Waals surface area contributed by atoms with Crippen molar-refractivity contribution in [3.63, 3.8) is 0 Å². The van der Waals surface area contributed by atoms with E-state index in [2.05, 4.69) is 5.32 Å². The van der Waals surface area contributed by atoms with Gasteiger partial charge in [0, 0.05) is 5.56 Å². The largest absolute Gasteiger partial charge is 0.467 e. The van der Waals surface area contributed by atoms with E-state index in [-0.39, 0.29) is 12.5 Å². The summed E-state index contributed by atoms with van der Waals surface area (Å²) in [4.78, 5) is 12.1. The van der Waals surface area contributed by atoms with Crippen LogP contribution >= 0.6 is 0 Å². The van der Waals surface area contributed by atoms with Gasteiger partial charge in [-0.3, -0.25) is 4.79 Å². The molecule has 0 radical (unpaired) electrons. The van der Waals surface area contributed by atoms with Crippen molar-refractivity contribution in [3.8, 4) is 0 Å². The van der Waals surface area contributed by atoms with Gasteiger partial charge in [-0.25, -0.2) is 0 Å². The fraction of sp³-hybridized carbons (Fsp3) is 0.312. The van der Waals surface area contributed by atoms with Crippen LogP contribution in [0.15, 0.2) is 41.0 Å². The lowest BCUT2D eigenvalue weighted by Gasteiger charge is -2.10. The van der Waals surface area contributed by atoms with E-state index in [0.717, 1.165) is 19.3 Å². The van der Waals surface area contributed by atoms with Crippen LogP contribution in [-0.2, 0) is 12.8 Å². The van der Waals surface area contributed by atoms with Crippen LogP contribution in [0, 0.1) is 0 Å². The molecule has 0 spiro atoms. The maximum Gasteiger partial charge on any atom is 0.251 e. The number of fused-ring (bicyclic) bond motifs is 1. The summed E-state index contributed by atoms with van der Waals surface area (Å²) in [7, 11) is 0. The normalized spacial score (nSPS) is 14.8. The molecule has 0 fully saturated rings. The molecule has 2 N–H and O–H groups in total. The first kappa shape index (κ1) is 12.9. The third-order valence-electron chi connectivity index (χ3n) is 3.69. The van der Waals surface area contributed by atoms with Crippen molar-refractivity contribution in [2.75, 3.05) is 6.54 Å². The lowest BCUT2D eigenvalue weighted by Crippen LogP contribution is -2.28. The summed E-state index contributed by atoms with van der Waals surface area (Å²) >= 11 is 0. The summed E-state index contributed by atoms with van der Waals surface area (Å²) in [5.74, 6) is 0.296. The van der Waals surface area contributed by atoms with Crippen LogP contribution < -0.4 is 5.32 Å². The highest BCUT2D eigenvalue weighted by Gasteiger charge is 2.15. The fourth-order valence-corrected chi connectivity index (χ4v) is 2.59. The van der Waals surface area contributed by atoms with Crippen LogP contribution in [0.1, 0.15) is 39.8 Å². The molecule has 104 valence electrons. The van der Waals surface area contributed by atoms with Gasteiger partial charge in [0.1, 0.15) is 11.9 Å². The van der Waals surface area contributed by atoms with E-state index < -0.39 is 6.10 Å². The van der Waals surface area contributed by atoms with Gasteiger partial charge in [-0.1, -0.05) is 6.07 Å². The van der Waals surface area contributed by atoms with Crippen LogP contribution in [0.5, 0.6) is 0 Å². The number of furan rings is 1. The first-order valence-corrected chi connectivity index (χ1v) is 6.85. The topological polar surface area (TPSA) is 62.5 Å². The van der Waals surface area contributed by atoms with Gasteiger partial charge in [-0.15, -0.1) is 0 Å². The monoisotopic (exact) mass is 271 g/mol. The minimum Gasteiger partial charge on any atom is -0.467 e. The molecule has 1 heterocycles. The zero-order valence-electron chi connectivity index (χ0n) is 11.1. The second-order valence-electron chi connectivity index (χ2n) is 5.08. The summed E-state index contributed by atoms with van der Waals surface area (Å²) in [6, 6.07) is 9.23. The highest BCUT2D eigenvalue weighted by Crippen LogP contribution is 2.22. The third-order valence-corrected chi connectivity index (χ3v) is 3.69. The molecule has 1 aromatic heterocycles. The Balaban J connectivity index is 1.62. The van der Waals surface area contributed by atoms with Gasteiger partial charge in [-0.2, -0.15) is 0 Å². The summed E-state index contributed by atoms with van der Waals surface area (Å²) in [6.07, 6.45) is 4.00. The van der Waals surface area contributed by atoms with Gasteiger partial charge < -0.3 is 14.8 Å². The predicted molar refractivity (Wildman–Crippen MR) is 74.5 cm³/mol. The molecule has 0 bridgehead atoms. The molecule has 1 atom stereocenters. The molecule has 0 saturated heterocycles. The first-order chi connectivity index (χ1) is 9.74. The number of amides is 1. The molecule has 4 heteroatoms. The van der Waals surface area contributed by atoms with Crippen LogP contribution in [0.3, 0.4) is 0 Å². The summed E-state index contributed by atoms with van der Waals surface area (Å²) in [6.45, 7) is 0.142. The van der Waals surface area contributed by atoms with Crippen molar-refractivity contribution in [2.24, 2.45) is 0 Å². The Bertz CT molecular complexity index is 604. The van der Waals surface area contributed by atoms with Gasteiger partial charge in [0.15, 0.2) is 0 Å². The molecular formula is C16H17NO3. The van der Waals surface area contributed by atoms with E-state index in [1.807, 2.05) is 18.2 Å². The SMILES string of the molecule is O=C(NCC(O)c1ccco1)c1ccc2c(c1)CCC2. The van der Waals surface area contributed by atoms with Crippen LogP contribution in [-0.4, -0.2) is 17.6 Å². The van der Waals surface area contributed by atoms with Crippen molar-refractivity contribution in [1.82, 2.24) is 5.32 Å². The second kappa shape index (κ2) is 5.51. The molecule has 1 aromatic carbocycles. The Labute approximate surface area is 117 Å². The minimum atomic E-state index is -0.816. The van der Waals surface area contributed by atoms with Crippen molar-refractivity contribution >= 4 is 5.91 Å². The van der Waals surface area contributed by atoms with Gasteiger partial charge >= 0.3 is 0 Å². The Hall–Kier alpha value is -2.07. The highest BCUT2D eigenvalue weighted by molar-refractivity contribution is 5.94. The number of rotatable bonds is 4. The Kier molecular flexibility index (Phi) is 3.56. The zero-order valence-corrected chi connectivity index (χ0v) is 11.1. The van der Waals surface area contributed by atoms with Crippen LogP contribution in [0.4, 0.5) is 0 Å². The van der Waals surface area contributed by atoms with Crippen LogP contribution in [0.2, 0.25) is 0 Å². The van der Waals surface area contributed by atoms with E-state index in [9.17, 15) is 9.90 Å². The number of carbonyl (C=O) groups is 1. The lowest BCUT2D eigenvalue weighted by molar-refractivity contribution is 0.0901. The molecular weight excluding hydrogens is 254 g/mol. The van der Waals surface area contributed by atoms with Crippen molar-refractivity contribution < 1.29 is 14.3 Å². The fourth-order valence-electron chi connectivity index (χ4n) is 2.59. The average molecular weight is 271 g/mol. The maximum atomic E-state index is 12.1. The molecule has 1 unspecified atom stereocenters. The minimum absolute atomic E-state index is 0.142. The first-order valence-electron chi connectivity index (χ1n) is 6.85. The molecule has 1 aliphatic rings. The molecule has 3 rings (SSSR count). The number of hydrogen-bond donors (Lipinski definition) is 2. The molecule has 0 aliphatic heterocycles. The zero-order chi connectivity index (χ0) is 13.9. The second-order valence-corrected chi connectivity index (χ2v) is 5.08.